The molecular weight excluding hydrogens is 206 g/mol. The summed E-state index contributed by atoms with van der Waals surface area (Å²) in [5.74, 6) is -0.812. The van der Waals surface area contributed by atoms with E-state index in [-0.39, 0.29) is 12.6 Å². The molecule has 0 amide bonds. The number of carboxylic acids is 1. The molecule has 1 atom stereocenters. The topological polar surface area (TPSA) is 58.4 Å². The highest BCUT2D eigenvalue weighted by atomic mass is 16.4. The predicted octanol–water partition coefficient (Wildman–Crippen LogP) is 1.11. The first-order valence-electron chi connectivity index (χ1n) is 5.26. The summed E-state index contributed by atoms with van der Waals surface area (Å²) < 4.78 is 1.83. The van der Waals surface area contributed by atoms with E-state index in [2.05, 4.69) is 5.10 Å². The molecule has 1 aromatic heterocycles. The second-order valence-corrected chi connectivity index (χ2v) is 4.19. The SMILES string of the molecule is Cc1nn(C)c(C)c1C(C)N(C)CC(=O)O. The van der Waals surface area contributed by atoms with Gasteiger partial charge >= 0.3 is 5.97 Å². The Bertz CT molecular complexity index is 398. The average molecular weight is 225 g/mol. The lowest BCUT2D eigenvalue weighted by Gasteiger charge is -2.23. The highest BCUT2D eigenvalue weighted by Crippen LogP contribution is 2.24. The van der Waals surface area contributed by atoms with Crippen molar-refractivity contribution in [3.8, 4) is 0 Å². The molecule has 0 bridgehead atoms. The van der Waals surface area contributed by atoms with E-state index in [0.29, 0.717) is 0 Å². The molecule has 1 unspecified atom stereocenters. The van der Waals surface area contributed by atoms with Crippen molar-refractivity contribution in [2.24, 2.45) is 7.05 Å². The summed E-state index contributed by atoms with van der Waals surface area (Å²) in [6.07, 6.45) is 0. The number of aliphatic carboxylic acids is 1. The molecule has 5 nitrogen and oxygen atoms in total. The van der Waals surface area contributed by atoms with Crippen molar-refractivity contribution >= 4 is 5.97 Å². The van der Waals surface area contributed by atoms with Gasteiger partial charge in [0.1, 0.15) is 0 Å². The highest BCUT2D eigenvalue weighted by molar-refractivity contribution is 5.69. The van der Waals surface area contributed by atoms with Gasteiger partial charge in [0.2, 0.25) is 0 Å². The zero-order valence-corrected chi connectivity index (χ0v) is 10.5. The Morgan fingerprint density at radius 1 is 1.56 bits per heavy atom. The molecule has 0 saturated carbocycles. The van der Waals surface area contributed by atoms with E-state index in [1.807, 2.05) is 39.5 Å². The van der Waals surface area contributed by atoms with Crippen LogP contribution < -0.4 is 0 Å². The summed E-state index contributed by atoms with van der Waals surface area (Å²) in [4.78, 5) is 12.5. The lowest BCUT2D eigenvalue weighted by atomic mass is 10.1. The number of carboxylic acid groups (broad SMARTS) is 1. The quantitative estimate of drug-likeness (QED) is 0.834. The minimum absolute atomic E-state index is 0.0366. The van der Waals surface area contributed by atoms with Gasteiger partial charge in [0.25, 0.3) is 0 Å². The van der Waals surface area contributed by atoms with Crippen molar-refractivity contribution < 1.29 is 9.90 Å². The van der Waals surface area contributed by atoms with E-state index < -0.39 is 5.97 Å². The fraction of sp³-hybridized carbons (Fsp3) is 0.636. The van der Waals surface area contributed by atoms with Gasteiger partial charge in [-0.2, -0.15) is 5.10 Å². The normalized spacial score (nSPS) is 13.1. The van der Waals surface area contributed by atoms with Crippen LogP contribution in [0.2, 0.25) is 0 Å². The molecule has 0 aliphatic rings. The summed E-state index contributed by atoms with van der Waals surface area (Å²) in [7, 11) is 3.71. The molecule has 0 aliphatic heterocycles. The zero-order valence-electron chi connectivity index (χ0n) is 10.5. The molecule has 0 spiro atoms. The molecule has 1 heterocycles. The van der Waals surface area contributed by atoms with E-state index in [4.69, 9.17) is 5.11 Å². The van der Waals surface area contributed by atoms with Crippen LogP contribution in [0.4, 0.5) is 0 Å². The molecule has 1 aromatic rings. The number of hydrogen-bond acceptors (Lipinski definition) is 3. The molecule has 16 heavy (non-hydrogen) atoms. The third kappa shape index (κ3) is 2.41. The van der Waals surface area contributed by atoms with Crippen LogP contribution in [0.25, 0.3) is 0 Å². The number of aromatic nitrogens is 2. The highest BCUT2D eigenvalue weighted by Gasteiger charge is 2.20. The minimum Gasteiger partial charge on any atom is -0.480 e. The van der Waals surface area contributed by atoms with E-state index in [9.17, 15) is 4.79 Å². The maximum atomic E-state index is 10.7. The van der Waals surface area contributed by atoms with Crippen LogP contribution in [0.1, 0.15) is 29.9 Å². The van der Waals surface area contributed by atoms with Crippen molar-refractivity contribution in [3.63, 3.8) is 0 Å². The van der Waals surface area contributed by atoms with Crippen molar-refractivity contribution in [1.29, 1.82) is 0 Å². The van der Waals surface area contributed by atoms with Gasteiger partial charge < -0.3 is 5.11 Å². The second-order valence-electron chi connectivity index (χ2n) is 4.19. The Balaban J connectivity index is 2.95. The number of aryl methyl sites for hydroxylation is 2. The fourth-order valence-corrected chi connectivity index (χ4v) is 1.97. The number of carbonyl (C=O) groups is 1. The van der Waals surface area contributed by atoms with Crippen molar-refractivity contribution in [2.45, 2.75) is 26.8 Å². The summed E-state index contributed by atoms with van der Waals surface area (Å²) in [5.41, 5.74) is 3.17. The molecule has 0 aromatic carbocycles. The third-order valence-corrected chi connectivity index (χ3v) is 3.03. The third-order valence-electron chi connectivity index (χ3n) is 3.03. The Labute approximate surface area is 95.7 Å². The van der Waals surface area contributed by atoms with Crippen LogP contribution in [0, 0.1) is 13.8 Å². The molecule has 5 heteroatoms. The Hall–Kier alpha value is -1.36. The molecular formula is C11H19N3O2. The Morgan fingerprint density at radius 2 is 2.12 bits per heavy atom. The van der Waals surface area contributed by atoms with Gasteiger partial charge in [0.15, 0.2) is 0 Å². The lowest BCUT2D eigenvalue weighted by Crippen LogP contribution is -2.29. The van der Waals surface area contributed by atoms with Crippen molar-refractivity contribution in [1.82, 2.24) is 14.7 Å². The van der Waals surface area contributed by atoms with Crippen LogP contribution in [0.5, 0.6) is 0 Å². The molecule has 0 fully saturated rings. The van der Waals surface area contributed by atoms with E-state index >= 15 is 0 Å². The number of nitrogens with zero attached hydrogens (tertiary/aromatic N) is 3. The first kappa shape index (κ1) is 12.7. The molecule has 0 saturated heterocycles. The molecule has 1 rings (SSSR count). The maximum absolute atomic E-state index is 10.7. The van der Waals surface area contributed by atoms with Gasteiger partial charge in [-0.05, 0) is 27.8 Å². The van der Waals surface area contributed by atoms with Gasteiger partial charge in [-0.25, -0.2) is 0 Å². The lowest BCUT2D eigenvalue weighted by molar-refractivity contribution is -0.138. The monoisotopic (exact) mass is 225 g/mol. The Kier molecular flexibility index (Phi) is 3.70. The first-order valence-corrected chi connectivity index (χ1v) is 5.26. The minimum atomic E-state index is -0.812. The number of hydrogen-bond donors (Lipinski definition) is 1. The molecule has 90 valence electrons. The fourth-order valence-electron chi connectivity index (χ4n) is 1.97. The molecule has 0 radical (unpaired) electrons. The zero-order chi connectivity index (χ0) is 12.5. The first-order chi connectivity index (χ1) is 7.34. The van der Waals surface area contributed by atoms with E-state index in [1.54, 1.807) is 4.90 Å². The predicted molar refractivity (Wildman–Crippen MR) is 61.4 cm³/mol. The number of likely N-dealkylation sites (N-methyl/N-ethyl adjacent to an activating group) is 1. The summed E-state index contributed by atoms with van der Waals surface area (Å²) in [5, 5.41) is 13.1. The smallest absolute Gasteiger partial charge is 0.317 e. The van der Waals surface area contributed by atoms with Crippen LogP contribution in [0.15, 0.2) is 0 Å². The summed E-state index contributed by atoms with van der Waals surface area (Å²) >= 11 is 0. The standard InChI is InChI=1S/C11H19N3O2/c1-7-11(9(3)14(5)12-7)8(2)13(4)6-10(15)16/h8H,6H2,1-5H3,(H,15,16). The average Bonchev–Trinajstić information content (AvgIpc) is 2.39. The van der Waals surface area contributed by atoms with Crippen LogP contribution >= 0.6 is 0 Å². The van der Waals surface area contributed by atoms with E-state index in [1.165, 1.54) is 0 Å². The van der Waals surface area contributed by atoms with Crippen LogP contribution in [-0.4, -0.2) is 39.3 Å². The number of rotatable bonds is 4. The van der Waals surface area contributed by atoms with Gasteiger partial charge in [0, 0.05) is 24.3 Å². The van der Waals surface area contributed by atoms with Crippen molar-refractivity contribution in [2.75, 3.05) is 13.6 Å². The van der Waals surface area contributed by atoms with Crippen LogP contribution in [-0.2, 0) is 11.8 Å². The summed E-state index contributed by atoms with van der Waals surface area (Å²) in [6.45, 7) is 5.99. The van der Waals surface area contributed by atoms with Gasteiger partial charge in [-0.3, -0.25) is 14.4 Å². The van der Waals surface area contributed by atoms with Gasteiger partial charge in [0.05, 0.1) is 12.2 Å². The Morgan fingerprint density at radius 3 is 2.50 bits per heavy atom. The van der Waals surface area contributed by atoms with Crippen molar-refractivity contribution in [3.05, 3.63) is 17.0 Å². The summed E-state index contributed by atoms with van der Waals surface area (Å²) in [6, 6.07) is 0.0600. The molecule has 0 aliphatic carbocycles. The maximum Gasteiger partial charge on any atom is 0.317 e. The van der Waals surface area contributed by atoms with Gasteiger partial charge in [-0.1, -0.05) is 0 Å². The van der Waals surface area contributed by atoms with E-state index in [0.717, 1.165) is 17.0 Å². The second kappa shape index (κ2) is 4.65. The van der Waals surface area contributed by atoms with Crippen LogP contribution in [0.3, 0.4) is 0 Å². The largest absolute Gasteiger partial charge is 0.480 e. The van der Waals surface area contributed by atoms with Gasteiger partial charge in [-0.15, -0.1) is 0 Å². The molecule has 1 N–H and O–H groups in total.